The highest BCUT2D eigenvalue weighted by Crippen LogP contribution is 2.31. The number of nitrogens with one attached hydrogen (secondary N) is 1. The maximum atomic E-state index is 5.72. The lowest BCUT2D eigenvalue weighted by molar-refractivity contribution is 0.443. The van der Waals surface area contributed by atoms with Crippen LogP contribution in [-0.4, -0.2) is 29.3 Å². The summed E-state index contributed by atoms with van der Waals surface area (Å²) in [5.74, 6) is 1.51. The van der Waals surface area contributed by atoms with Crippen molar-refractivity contribution in [1.82, 2.24) is 15.5 Å². The van der Waals surface area contributed by atoms with Gasteiger partial charge in [-0.2, -0.15) is 0 Å². The summed E-state index contributed by atoms with van der Waals surface area (Å²) in [5.41, 5.74) is 0. The molecule has 0 radical (unpaired) electrons. The Balaban J connectivity index is 1.92. The summed E-state index contributed by atoms with van der Waals surface area (Å²) in [6.07, 6.45) is 3.79. The second kappa shape index (κ2) is 6.18. The molecular formula is C13H24N4O. The van der Waals surface area contributed by atoms with Gasteiger partial charge >= 0.3 is 6.01 Å². The van der Waals surface area contributed by atoms with Gasteiger partial charge in [-0.25, -0.2) is 0 Å². The third-order valence-electron chi connectivity index (χ3n) is 3.06. The zero-order valence-electron chi connectivity index (χ0n) is 11.6. The van der Waals surface area contributed by atoms with Crippen LogP contribution in [-0.2, 0) is 6.54 Å². The summed E-state index contributed by atoms with van der Waals surface area (Å²) in [7, 11) is 0. The van der Waals surface area contributed by atoms with Crippen molar-refractivity contribution in [3.05, 3.63) is 5.89 Å². The van der Waals surface area contributed by atoms with Crippen LogP contribution in [0, 0.1) is 5.92 Å². The minimum absolute atomic E-state index is 0.429. The van der Waals surface area contributed by atoms with Crippen molar-refractivity contribution in [2.45, 2.75) is 52.6 Å². The van der Waals surface area contributed by atoms with Gasteiger partial charge in [0, 0.05) is 19.1 Å². The van der Waals surface area contributed by atoms with Gasteiger partial charge in [-0.3, -0.25) is 0 Å². The molecule has 5 heteroatoms. The highest BCUT2D eigenvalue weighted by molar-refractivity contribution is 5.24. The van der Waals surface area contributed by atoms with Crippen LogP contribution in [0.4, 0.5) is 6.01 Å². The van der Waals surface area contributed by atoms with E-state index in [-0.39, 0.29) is 0 Å². The molecule has 1 aliphatic rings. The van der Waals surface area contributed by atoms with Crippen molar-refractivity contribution >= 4 is 6.01 Å². The summed E-state index contributed by atoms with van der Waals surface area (Å²) >= 11 is 0. The van der Waals surface area contributed by atoms with E-state index in [9.17, 15) is 0 Å². The zero-order valence-corrected chi connectivity index (χ0v) is 11.6. The van der Waals surface area contributed by atoms with Crippen LogP contribution < -0.4 is 10.2 Å². The number of hydrogen-bond acceptors (Lipinski definition) is 5. The van der Waals surface area contributed by atoms with Crippen LogP contribution >= 0.6 is 0 Å². The summed E-state index contributed by atoms with van der Waals surface area (Å²) in [6, 6.07) is 1.11. The first kappa shape index (κ1) is 13.3. The highest BCUT2D eigenvalue weighted by Gasteiger charge is 2.26. The number of nitrogens with zero attached hydrogens (tertiary/aromatic N) is 3. The molecule has 0 atom stereocenters. The third-order valence-corrected chi connectivity index (χ3v) is 3.06. The Kier molecular flexibility index (Phi) is 4.58. The van der Waals surface area contributed by atoms with Crippen LogP contribution in [0.3, 0.4) is 0 Å². The molecule has 0 unspecified atom stereocenters. The van der Waals surface area contributed by atoms with Crippen molar-refractivity contribution in [3.63, 3.8) is 0 Å². The van der Waals surface area contributed by atoms with Crippen molar-refractivity contribution in [1.29, 1.82) is 0 Å². The van der Waals surface area contributed by atoms with Gasteiger partial charge in [-0.05, 0) is 25.2 Å². The lowest BCUT2D eigenvalue weighted by Crippen LogP contribution is -2.26. The number of hydrogen-bond donors (Lipinski definition) is 1. The van der Waals surface area contributed by atoms with Gasteiger partial charge in [0.05, 0.1) is 6.54 Å². The minimum Gasteiger partial charge on any atom is -0.407 e. The van der Waals surface area contributed by atoms with E-state index in [1.54, 1.807) is 0 Å². The number of aromatic nitrogens is 2. The predicted molar refractivity (Wildman–Crippen MR) is 71.5 cm³/mol. The second-order valence-electron chi connectivity index (χ2n) is 5.40. The summed E-state index contributed by atoms with van der Waals surface area (Å²) in [5, 5.41) is 11.5. The topological polar surface area (TPSA) is 54.2 Å². The minimum atomic E-state index is 0.429. The van der Waals surface area contributed by atoms with Crippen LogP contribution in [0.5, 0.6) is 0 Å². The van der Waals surface area contributed by atoms with Crippen molar-refractivity contribution in [3.8, 4) is 0 Å². The molecule has 1 fully saturated rings. The van der Waals surface area contributed by atoms with E-state index in [2.05, 4.69) is 41.2 Å². The molecule has 0 amide bonds. The molecule has 0 bridgehead atoms. The molecule has 0 saturated heterocycles. The zero-order chi connectivity index (χ0) is 13.0. The van der Waals surface area contributed by atoms with Crippen LogP contribution in [0.1, 0.15) is 45.9 Å². The first-order valence-electron chi connectivity index (χ1n) is 6.99. The summed E-state index contributed by atoms with van der Waals surface area (Å²) in [4.78, 5) is 2.23. The third kappa shape index (κ3) is 3.98. The quantitative estimate of drug-likeness (QED) is 0.768. The van der Waals surface area contributed by atoms with Gasteiger partial charge in [0.2, 0.25) is 5.89 Å². The molecule has 2 rings (SSSR count). The van der Waals surface area contributed by atoms with E-state index in [0.717, 1.165) is 25.4 Å². The Labute approximate surface area is 109 Å². The molecule has 1 aliphatic carbocycles. The fourth-order valence-corrected chi connectivity index (χ4v) is 1.88. The Bertz CT molecular complexity index is 360. The first-order chi connectivity index (χ1) is 8.69. The molecule has 18 heavy (non-hydrogen) atoms. The van der Waals surface area contributed by atoms with Gasteiger partial charge in [0.25, 0.3) is 0 Å². The van der Waals surface area contributed by atoms with Gasteiger partial charge in [0.1, 0.15) is 0 Å². The lowest BCUT2D eigenvalue weighted by atomic mass is 10.3. The van der Waals surface area contributed by atoms with E-state index in [0.29, 0.717) is 24.5 Å². The highest BCUT2D eigenvalue weighted by atomic mass is 16.4. The molecule has 1 heterocycles. The molecule has 0 aromatic carbocycles. The maximum absolute atomic E-state index is 5.72. The summed E-state index contributed by atoms with van der Waals surface area (Å²) < 4.78 is 5.72. The molecule has 1 saturated carbocycles. The molecule has 0 spiro atoms. The predicted octanol–water partition coefficient (Wildman–Crippen LogP) is 2.19. The largest absolute Gasteiger partial charge is 0.407 e. The molecule has 1 N–H and O–H groups in total. The normalized spacial score (nSPS) is 15.3. The van der Waals surface area contributed by atoms with Gasteiger partial charge in [-0.15, -0.1) is 5.10 Å². The van der Waals surface area contributed by atoms with Gasteiger partial charge in [0.15, 0.2) is 0 Å². The second-order valence-corrected chi connectivity index (χ2v) is 5.40. The Hall–Kier alpha value is -1.10. The van der Waals surface area contributed by atoms with Crippen LogP contribution in [0.2, 0.25) is 0 Å². The first-order valence-corrected chi connectivity index (χ1v) is 6.99. The Morgan fingerprint density at radius 1 is 1.39 bits per heavy atom. The molecule has 102 valence electrons. The fraction of sp³-hybridized carbons (Fsp3) is 0.846. The van der Waals surface area contributed by atoms with Gasteiger partial charge in [-0.1, -0.05) is 25.9 Å². The van der Waals surface area contributed by atoms with Crippen molar-refractivity contribution < 1.29 is 4.42 Å². The number of anilines is 1. The Morgan fingerprint density at radius 2 is 2.17 bits per heavy atom. The SMILES string of the molecule is CCCN(CC1CC1)c1nnc(CNC(C)C)o1. The van der Waals surface area contributed by atoms with Crippen LogP contribution in [0.25, 0.3) is 0 Å². The number of rotatable bonds is 8. The molecule has 1 aromatic heterocycles. The van der Waals surface area contributed by atoms with Gasteiger partial charge < -0.3 is 14.6 Å². The van der Waals surface area contributed by atoms with E-state index < -0.39 is 0 Å². The van der Waals surface area contributed by atoms with E-state index in [4.69, 9.17) is 4.42 Å². The summed E-state index contributed by atoms with van der Waals surface area (Å²) in [6.45, 7) is 9.09. The monoisotopic (exact) mass is 252 g/mol. The van der Waals surface area contributed by atoms with E-state index in [1.165, 1.54) is 12.8 Å². The van der Waals surface area contributed by atoms with Crippen molar-refractivity contribution in [2.75, 3.05) is 18.0 Å². The van der Waals surface area contributed by atoms with Crippen LogP contribution in [0.15, 0.2) is 4.42 Å². The smallest absolute Gasteiger partial charge is 0.318 e. The van der Waals surface area contributed by atoms with E-state index in [1.807, 2.05) is 0 Å². The molecule has 0 aliphatic heterocycles. The molecule has 5 nitrogen and oxygen atoms in total. The molecule has 1 aromatic rings. The molecular weight excluding hydrogens is 228 g/mol. The maximum Gasteiger partial charge on any atom is 0.318 e. The van der Waals surface area contributed by atoms with E-state index >= 15 is 0 Å². The van der Waals surface area contributed by atoms with Crippen molar-refractivity contribution in [2.24, 2.45) is 5.92 Å². The average molecular weight is 252 g/mol. The lowest BCUT2D eigenvalue weighted by Gasteiger charge is -2.18. The standard InChI is InChI=1S/C13H24N4O/c1-4-7-17(9-11-5-6-11)13-16-15-12(18-13)8-14-10(2)3/h10-11,14H,4-9H2,1-3H3. The Morgan fingerprint density at radius 3 is 2.78 bits per heavy atom. The average Bonchev–Trinajstić information content (AvgIpc) is 3.02. The fourth-order valence-electron chi connectivity index (χ4n) is 1.88.